The molecular weight excluding hydrogens is 282 g/mol. The highest BCUT2D eigenvalue weighted by molar-refractivity contribution is 5.99. The van der Waals surface area contributed by atoms with Crippen LogP contribution in [0.3, 0.4) is 0 Å². The van der Waals surface area contributed by atoms with Crippen LogP contribution in [0.1, 0.15) is 41.8 Å². The molecule has 0 saturated carbocycles. The molecule has 2 N–H and O–H groups in total. The lowest BCUT2D eigenvalue weighted by Gasteiger charge is -2.13. The minimum atomic E-state index is -1.44. The smallest absolute Gasteiger partial charge is 0.345 e. The summed E-state index contributed by atoms with van der Waals surface area (Å²) in [5.74, 6) is 4.00. The van der Waals surface area contributed by atoms with E-state index in [-0.39, 0.29) is 0 Å². The van der Waals surface area contributed by atoms with Crippen LogP contribution in [0.5, 0.6) is 5.75 Å². The van der Waals surface area contributed by atoms with Crippen LogP contribution in [-0.2, 0) is 6.54 Å². The third-order valence-electron chi connectivity index (χ3n) is 3.51. The molecule has 0 saturated heterocycles. The number of fused-ring (bicyclic) bond motifs is 1. The van der Waals surface area contributed by atoms with Gasteiger partial charge in [0, 0.05) is 23.9 Å². The van der Waals surface area contributed by atoms with Crippen molar-refractivity contribution in [1.82, 2.24) is 4.57 Å². The van der Waals surface area contributed by atoms with E-state index in [0.717, 1.165) is 5.56 Å². The molecule has 22 heavy (non-hydrogen) atoms. The number of rotatable bonds is 2. The summed E-state index contributed by atoms with van der Waals surface area (Å²) in [4.78, 5) is 23.5. The minimum absolute atomic E-state index is 0.315. The van der Waals surface area contributed by atoms with Crippen LogP contribution in [0.2, 0.25) is 0 Å². The van der Waals surface area contributed by atoms with Gasteiger partial charge in [0.05, 0.1) is 5.52 Å². The van der Waals surface area contributed by atoms with Crippen molar-refractivity contribution in [3.63, 3.8) is 0 Å². The van der Waals surface area contributed by atoms with Crippen molar-refractivity contribution in [2.75, 3.05) is 0 Å². The zero-order valence-corrected chi connectivity index (χ0v) is 12.7. The Bertz CT molecular complexity index is 882. The van der Waals surface area contributed by atoms with Gasteiger partial charge in [-0.2, -0.15) is 0 Å². The minimum Gasteiger partial charge on any atom is -0.506 e. The van der Waals surface area contributed by atoms with Gasteiger partial charge in [0.15, 0.2) is 5.56 Å². The van der Waals surface area contributed by atoms with E-state index in [1.165, 1.54) is 4.57 Å². The molecule has 0 atom stereocenters. The van der Waals surface area contributed by atoms with Gasteiger partial charge in [-0.3, -0.25) is 4.79 Å². The quantitative estimate of drug-likeness (QED) is 0.835. The van der Waals surface area contributed by atoms with Gasteiger partial charge < -0.3 is 14.8 Å². The summed E-state index contributed by atoms with van der Waals surface area (Å²) in [6.45, 7) is 5.86. The van der Waals surface area contributed by atoms with Crippen molar-refractivity contribution >= 4 is 16.9 Å². The largest absolute Gasteiger partial charge is 0.506 e. The van der Waals surface area contributed by atoms with Crippen molar-refractivity contribution in [2.24, 2.45) is 0 Å². The molecule has 0 radical (unpaired) electrons. The standard InChI is InChI=1S/C17H17NO4/c1-4-6-7-11-9-12-13(8-10(11)3)18(5-2)16(20)14(15(12)19)17(21)22/h8-9,19H,4-5H2,1-3H3,(H,21,22). The van der Waals surface area contributed by atoms with Crippen LogP contribution in [0.15, 0.2) is 16.9 Å². The van der Waals surface area contributed by atoms with Crippen molar-refractivity contribution < 1.29 is 15.0 Å². The number of aryl methyl sites for hydroxylation is 2. The van der Waals surface area contributed by atoms with E-state index < -0.39 is 22.8 Å². The molecular formula is C17H17NO4. The average molecular weight is 299 g/mol. The van der Waals surface area contributed by atoms with E-state index in [9.17, 15) is 19.8 Å². The Kier molecular flexibility index (Phi) is 4.22. The summed E-state index contributed by atoms with van der Waals surface area (Å²) in [5.41, 5.74) is 0.786. The molecule has 2 rings (SSSR count). The first-order chi connectivity index (χ1) is 10.4. The van der Waals surface area contributed by atoms with Crippen LogP contribution < -0.4 is 5.56 Å². The van der Waals surface area contributed by atoms with E-state index in [4.69, 9.17) is 0 Å². The maximum atomic E-state index is 12.2. The highest BCUT2D eigenvalue weighted by Gasteiger charge is 2.21. The molecule has 1 aromatic carbocycles. The molecule has 5 nitrogen and oxygen atoms in total. The van der Waals surface area contributed by atoms with Gasteiger partial charge >= 0.3 is 5.97 Å². The first kappa shape index (κ1) is 15.6. The molecule has 0 aliphatic heterocycles. The number of carboxylic acid groups (broad SMARTS) is 1. The summed E-state index contributed by atoms with van der Waals surface area (Å²) in [7, 11) is 0. The number of benzene rings is 1. The highest BCUT2D eigenvalue weighted by atomic mass is 16.4. The normalized spacial score (nSPS) is 10.3. The molecule has 2 aromatic rings. The Morgan fingerprint density at radius 2 is 2.00 bits per heavy atom. The van der Waals surface area contributed by atoms with Gasteiger partial charge in [0.25, 0.3) is 5.56 Å². The zero-order chi connectivity index (χ0) is 16.4. The molecule has 1 aromatic heterocycles. The topological polar surface area (TPSA) is 79.5 Å². The van der Waals surface area contributed by atoms with Crippen molar-refractivity contribution in [2.45, 2.75) is 33.7 Å². The summed E-state index contributed by atoms with van der Waals surface area (Å²) in [6, 6.07) is 3.39. The van der Waals surface area contributed by atoms with Crippen molar-refractivity contribution in [3.05, 3.63) is 39.2 Å². The number of aromatic carboxylic acids is 1. The molecule has 114 valence electrons. The SMILES string of the molecule is CCC#Cc1cc2c(O)c(C(=O)O)c(=O)n(CC)c2cc1C. The summed E-state index contributed by atoms with van der Waals surface area (Å²) >= 11 is 0. The van der Waals surface area contributed by atoms with Crippen molar-refractivity contribution in [1.29, 1.82) is 0 Å². The van der Waals surface area contributed by atoms with Gasteiger partial charge in [0.1, 0.15) is 5.75 Å². The van der Waals surface area contributed by atoms with Crippen LogP contribution in [0.4, 0.5) is 0 Å². The Morgan fingerprint density at radius 3 is 2.55 bits per heavy atom. The van der Waals surface area contributed by atoms with Crippen LogP contribution in [-0.4, -0.2) is 20.7 Å². The second-order valence-electron chi connectivity index (χ2n) is 4.92. The fourth-order valence-electron chi connectivity index (χ4n) is 2.41. The van der Waals surface area contributed by atoms with Gasteiger partial charge in [-0.05, 0) is 31.5 Å². The van der Waals surface area contributed by atoms with Gasteiger partial charge in [-0.25, -0.2) is 4.79 Å². The zero-order valence-electron chi connectivity index (χ0n) is 12.7. The molecule has 5 heteroatoms. The van der Waals surface area contributed by atoms with Crippen LogP contribution in [0.25, 0.3) is 10.9 Å². The van der Waals surface area contributed by atoms with E-state index in [1.54, 1.807) is 19.1 Å². The number of hydrogen-bond donors (Lipinski definition) is 2. The first-order valence-electron chi connectivity index (χ1n) is 7.04. The lowest BCUT2D eigenvalue weighted by Crippen LogP contribution is -2.26. The number of nitrogens with zero attached hydrogens (tertiary/aromatic N) is 1. The molecule has 0 bridgehead atoms. The van der Waals surface area contributed by atoms with Crippen LogP contribution in [0, 0.1) is 18.8 Å². The molecule has 0 amide bonds. The van der Waals surface area contributed by atoms with Crippen molar-refractivity contribution in [3.8, 4) is 17.6 Å². The molecule has 0 aliphatic carbocycles. The molecule has 1 heterocycles. The second kappa shape index (κ2) is 5.94. The Balaban J connectivity index is 2.98. The summed E-state index contributed by atoms with van der Waals surface area (Å²) < 4.78 is 1.35. The summed E-state index contributed by atoms with van der Waals surface area (Å²) in [6.07, 6.45) is 0.693. The Hall–Kier alpha value is -2.74. The third-order valence-corrected chi connectivity index (χ3v) is 3.51. The number of hydrogen-bond acceptors (Lipinski definition) is 3. The molecule has 0 unspecified atom stereocenters. The average Bonchev–Trinajstić information content (AvgIpc) is 2.45. The Labute approximate surface area is 127 Å². The monoisotopic (exact) mass is 299 g/mol. The molecule has 0 aliphatic rings. The number of aromatic hydroxyl groups is 1. The highest BCUT2D eigenvalue weighted by Crippen LogP contribution is 2.29. The number of pyridine rings is 1. The van der Waals surface area contributed by atoms with E-state index in [0.29, 0.717) is 29.4 Å². The molecule has 0 fully saturated rings. The first-order valence-corrected chi connectivity index (χ1v) is 7.04. The fraction of sp³-hybridized carbons (Fsp3) is 0.294. The number of aromatic nitrogens is 1. The number of carbonyl (C=O) groups is 1. The fourth-order valence-corrected chi connectivity index (χ4v) is 2.41. The third kappa shape index (κ3) is 2.44. The van der Waals surface area contributed by atoms with Gasteiger partial charge in [-0.15, -0.1) is 0 Å². The maximum absolute atomic E-state index is 12.2. The van der Waals surface area contributed by atoms with Gasteiger partial charge in [-0.1, -0.05) is 18.8 Å². The van der Waals surface area contributed by atoms with E-state index in [2.05, 4.69) is 11.8 Å². The Morgan fingerprint density at radius 1 is 1.32 bits per heavy atom. The summed E-state index contributed by atoms with van der Waals surface area (Å²) in [5, 5.41) is 19.7. The van der Waals surface area contributed by atoms with E-state index >= 15 is 0 Å². The molecule has 0 spiro atoms. The second-order valence-corrected chi connectivity index (χ2v) is 4.92. The predicted octanol–water partition coefficient (Wildman–Crippen LogP) is 2.50. The van der Waals surface area contributed by atoms with Gasteiger partial charge in [0.2, 0.25) is 0 Å². The predicted molar refractivity (Wildman–Crippen MR) is 84.4 cm³/mol. The van der Waals surface area contributed by atoms with Crippen LogP contribution >= 0.6 is 0 Å². The lowest BCUT2D eigenvalue weighted by molar-refractivity contribution is 0.0691. The maximum Gasteiger partial charge on any atom is 0.345 e. The number of carboxylic acids is 1. The lowest BCUT2D eigenvalue weighted by atomic mass is 10.0. The van der Waals surface area contributed by atoms with E-state index in [1.807, 2.05) is 13.8 Å².